The van der Waals surface area contributed by atoms with Crippen LogP contribution in [0.1, 0.15) is 44.7 Å². The van der Waals surface area contributed by atoms with Gasteiger partial charge in [0.2, 0.25) is 5.91 Å². The summed E-state index contributed by atoms with van der Waals surface area (Å²) in [6.45, 7) is 4.15. The standard InChI is InChI=1S/C18H28N2OS/c1-4-22-16-11-10-15(12-16)20(3)18(21)13(2)17(19)14-8-6-5-7-9-14/h5-9,13,15-17H,4,10-12,19H2,1-3H3. The largest absolute Gasteiger partial charge is 0.342 e. The lowest BCUT2D eigenvalue weighted by Crippen LogP contribution is -2.42. The molecule has 4 unspecified atom stereocenters. The van der Waals surface area contributed by atoms with Crippen LogP contribution in [-0.2, 0) is 4.79 Å². The average molecular weight is 321 g/mol. The van der Waals surface area contributed by atoms with Crippen molar-refractivity contribution in [3.8, 4) is 0 Å². The zero-order valence-electron chi connectivity index (χ0n) is 13.9. The van der Waals surface area contributed by atoms with Crippen LogP contribution in [0.25, 0.3) is 0 Å². The number of nitrogens with two attached hydrogens (primary N) is 1. The van der Waals surface area contributed by atoms with E-state index >= 15 is 0 Å². The molecule has 0 bridgehead atoms. The van der Waals surface area contributed by atoms with Crippen LogP contribution in [0.3, 0.4) is 0 Å². The highest BCUT2D eigenvalue weighted by molar-refractivity contribution is 7.99. The number of thioether (sulfide) groups is 1. The van der Waals surface area contributed by atoms with Gasteiger partial charge in [0, 0.05) is 24.4 Å². The first-order valence-corrected chi connectivity index (χ1v) is 9.28. The molecule has 1 aliphatic carbocycles. The van der Waals surface area contributed by atoms with Crippen LogP contribution in [0.5, 0.6) is 0 Å². The summed E-state index contributed by atoms with van der Waals surface area (Å²) in [7, 11) is 1.94. The molecule has 1 aromatic rings. The van der Waals surface area contributed by atoms with Gasteiger partial charge < -0.3 is 10.6 Å². The zero-order valence-corrected chi connectivity index (χ0v) is 14.7. The molecule has 1 aliphatic rings. The lowest BCUT2D eigenvalue weighted by atomic mass is 9.94. The van der Waals surface area contributed by atoms with Crippen molar-refractivity contribution in [1.82, 2.24) is 4.90 Å². The highest BCUT2D eigenvalue weighted by Crippen LogP contribution is 2.33. The quantitative estimate of drug-likeness (QED) is 0.873. The number of amides is 1. The highest BCUT2D eigenvalue weighted by atomic mass is 32.2. The lowest BCUT2D eigenvalue weighted by molar-refractivity contribution is -0.136. The number of rotatable bonds is 6. The van der Waals surface area contributed by atoms with E-state index in [1.165, 1.54) is 6.42 Å². The number of carbonyl (C=O) groups excluding carboxylic acids is 1. The molecule has 0 saturated heterocycles. The SMILES string of the molecule is CCSC1CCC(N(C)C(=O)C(C)C(N)c2ccccc2)C1. The Morgan fingerprint density at radius 1 is 1.36 bits per heavy atom. The van der Waals surface area contributed by atoms with Crippen molar-refractivity contribution in [3.05, 3.63) is 35.9 Å². The Morgan fingerprint density at radius 3 is 2.68 bits per heavy atom. The third-order valence-corrected chi connectivity index (χ3v) is 6.00. The van der Waals surface area contributed by atoms with Crippen molar-refractivity contribution in [1.29, 1.82) is 0 Å². The molecule has 2 rings (SSSR count). The summed E-state index contributed by atoms with van der Waals surface area (Å²) >= 11 is 2.02. The fraction of sp³-hybridized carbons (Fsp3) is 0.611. The lowest BCUT2D eigenvalue weighted by Gasteiger charge is -2.30. The van der Waals surface area contributed by atoms with E-state index in [0.29, 0.717) is 11.3 Å². The van der Waals surface area contributed by atoms with E-state index in [9.17, 15) is 4.79 Å². The normalized spacial score (nSPS) is 24.0. The molecule has 1 aromatic carbocycles. The second-order valence-corrected chi connectivity index (χ2v) is 7.80. The summed E-state index contributed by atoms with van der Waals surface area (Å²) in [5.74, 6) is 1.14. The molecule has 122 valence electrons. The molecular formula is C18H28N2OS. The second-order valence-electron chi connectivity index (χ2n) is 6.22. The van der Waals surface area contributed by atoms with Crippen LogP contribution in [-0.4, -0.2) is 34.9 Å². The third kappa shape index (κ3) is 4.05. The van der Waals surface area contributed by atoms with E-state index in [4.69, 9.17) is 5.73 Å². The van der Waals surface area contributed by atoms with Crippen molar-refractivity contribution < 1.29 is 4.79 Å². The van der Waals surface area contributed by atoms with Gasteiger partial charge in [0.1, 0.15) is 0 Å². The van der Waals surface area contributed by atoms with Crippen LogP contribution in [0, 0.1) is 5.92 Å². The van der Waals surface area contributed by atoms with Crippen molar-refractivity contribution in [2.24, 2.45) is 11.7 Å². The molecule has 4 heteroatoms. The molecule has 0 aliphatic heterocycles. The fourth-order valence-corrected chi connectivity index (χ4v) is 4.41. The average Bonchev–Trinajstić information content (AvgIpc) is 3.02. The molecule has 0 radical (unpaired) electrons. The Hall–Kier alpha value is -1.00. The van der Waals surface area contributed by atoms with Crippen molar-refractivity contribution in [2.45, 2.75) is 50.4 Å². The number of hydrogen-bond donors (Lipinski definition) is 1. The molecule has 3 nitrogen and oxygen atoms in total. The second kappa shape index (κ2) is 8.02. The maximum absolute atomic E-state index is 12.7. The van der Waals surface area contributed by atoms with Gasteiger partial charge in [0.15, 0.2) is 0 Å². The summed E-state index contributed by atoms with van der Waals surface area (Å²) in [5.41, 5.74) is 7.33. The topological polar surface area (TPSA) is 46.3 Å². The Balaban J connectivity index is 1.95. The van der Waals surface area contributed by atoms with Gasteiger partial charge in [-0.2, -0.15) is 11.8 Å². The molecule has 22 heavy (non-hydrogen) atoms. The van der Waals surface area contributed by atoms with Crippen LogP contribution >= 0.6 is 11.8 Å². The summed E-state index contributed by atoms with van der Waals surface area (Å²) in [4.78, 5) is 14.7. The van der Waals surface area contributed by atoms with Gasteiger partial charge in [-0.15, -0.1) is 0 Å². The summed E-state index contributed by atoms with van der Waals surface area (Å²) in [6.07, 6.45) is 3.46. The predicted octanol–water partition coefficient (Wildman–Crippen LogP) is 3.46. The Morgan fingerprint density at radius 2 is 2.05 bits per heavy atom. The first-order chi connectivity index (χ1) is 10.5. The van der Waals surface area contributed by atoms with E-state index in [1.807, 2.05) is 61.0 Å². The molecule has 4 atom stereocenters. The summed E-state index contributed by atoms with van der Waals surface area (Å²) in [5, 5.41) is 0.711. The number of nitrogens with zero attached hydrogens (tertiary/aromatic N) is 1. The van der Waals surface area contributed by atoms with Gasteiger partial charge in [-0.3, -0.25) is 4.79 Å². The third-order valence-electron chi connectivity index (χ3n) is 4.77. The molecule has 0 aromatic heterocycles. The minimum absolute atomic E-state index is 0.170. The Kier molecular flexibility index (Phi) is 6.33. The maximum atomic E-state index is 12.7. The fourth-order valence-electron chi connectivity index (χ4n) is 3.27. The maximum Gasteiger partial charge on any atom is 0.227 e. The van der Waals surface area contributed by atoms with Gasteiger partial charge in [0.05, 0.1) is 5.92 Å². The molecule has 1 amide bonds. The van der Waals surface area contributed by atoms with Gasteiger partial charge in [0.25, 0.3) is 0 Å². The van der Waals surface area contributed by atoms with Gasteiger partial charge >= 0.3 is 0 Å². The van der Waals surface area contributed by atoms with Crippen molar-refractivity contribution in [3.63, 3.8) is 0 Å². The minimum Gasteiger partial charge on any atom is -0.342 e. The Labute approximate surface area is 138 Å². The van der Waals surface area contributed by atoms with Crippen molar-refractivity contribution in [2.75, 3.05) is 12.8 Å². The van der Waals surface area contributed by atoms with Crippen molar-refractivity contribution >= 4 is 17.7 Å². The van der Waals surface area contributed by atoms with Crippen LogP contribution in [0.15, 0.2) is 30.3 Å². The first kappa shape index (κ1) is 17.4. The Bertz CT molecular complexity index is 479. The van der Waals surface area contributed by atoms with Crippen LogP contribution in [0.4, 0.5) is 0 Å². The smallest absolute Gasteiger partial charge is 0.227 e. The van der Waals surface area contributed by atoms with Gasteiger partial charge in [-0.1, -0.05) is 44.2 Å². The molecule has 2 N–H and O–H groups in total. The first-order valence-electron chi connectivity index (χ1n) is 8.23. The summed E-state index contributed by atoms with van der Waals surface area (Å²) < 4.78 is 0. The highest BCUT2D eigenvalue weighted by Gasteiger charge is 2.33. The minimum atomic E-state index is -0.238. The number of hydrogen-bond acceptors (Lipinski definition) is 3. The van der Waals surface area contributed by atoms with Gasteiger partial charge in [-0.25, -0.2) is 0 Å². The molecule has 1 saturated carbocycles. The molecule has 0 heterocycles. The van der Waals surface area contributed by atoms with E-state index in [-0.39, 0.29) is 17.9 Å². The van der Waals surface area contributed by atoms with Gasteiger partial charge in [-0.05, 0) is 30.6 Å². The molecule has 1 fully saturated rings. The number of carbonyl (C=O) groups is 1. The van der Waals surface area contributed by atoms with Crippen LogP contribution < -0.4 is 5.73 Å². The summed E-state index contributed by atoms with van der Waals surface area (Å²) in [6, 6.07) is 10.0. The number of benzene rings is 1. The van der Waals surface area contributed by atoms with E-state index in [1.54, 1.807) is 0 Å². The predicted molar refractivity (Wildman–Crippen MR) is 94.9 cm³/mol. The monoisotopic (exact) mass is 320 g/mol. The molecular weight excluding hydrogens is 292 g/mol. The zero-order chi connectivity index (χ0) is 16.1. The van der Waals surface area contributed by atoms with E-state index < -0.39 is 0 Å². The van der Waals surface area contributed by atoms with E-state index in [0.717, 1.165) is 24.2 Å². The van der Waals surface area contributed by atoms with E-state index in [2.05, 4.69) is 6.92 Å². The van der Waals surface area contributed by atoms with Crippen LogP contribution in [0.2, 0.25) is 0 Å². The molecule has 0 spiro atoms.